The molecule has 0 saturated carbocycles. The second-order valence-corrected chi connectivity index (χ2v) is 5.59. The second-order valence-electron chi connectivity index (χ2n) is 4.80. The van der Waals surface area contributed by atoms with Crippen LogP contribution < -0.4 is 5.43 Å². The molecule has 0 atom stereocenters. The Balaban J connectivity index is 2.92. The first-order chi connectivity index (χ1) is 7.91. The van der Waals surface area contributed by atoms with Crippen LogP contribution in [0, 0.1) is 13.8 Å². The quantitative estimate of drug-likeness (QED) is 0.846. The van der Waals surface area contributed by atoms with Gasteiger partial charge in [0.2, 0.25) is 0 Å². The first-order valence-corrected chi connectivity index (χ1v) is 6.53. The second kappa shape index (κ2) is 4.30. The molecule has 1 aromatic heterocycles. The fourth-order valence-corrected chi connectivity index (χ4v) is 2.40. The van der Waals surface area contributed by atoms with E-state index in [9.17, 15) is 4.79 Å². The van der Waals surface area contributed by atoms with Crippen LogP contribution in [0.1, 0.15) is 36.6 Å². The van der Waals surface area contributed by atoms with Crippen molar-refractivity contribution in [2.75, 3.05) is 0 Å². The molecule has 0 unspecified atom stereocenters. The number of benzene rings is 1. The minimum absolute atomic E-state index is 0.0978. The maximum atomic E-state index is 12.1. The van der Waals surface area contributed by atoms with Gasteiger partial charge in [0, 0.05) is 21.6 Å². The number of halogens is 1. The van der Waals surface area contributed by atoms with Crippen molar-refractivity contribution in [1.82, 2.24) is 4.98 Å². The largest absolute Gasteiger partial charge is 0.358 e. The molecule has 2 nitrogen and oxygen atoms in total. The topological polar surface area (TPSA) is 32.9 Å². The molecular weight excluding hydrogens is 278 g/mol. The van der Waals surface area contributed by atoms with Crippen molar-refractivity contribution in [2.45, 2.75) is 33.6 Å². The van der Waals surface area contributed by atoms with Crippen LogP contribution in [0.2, 0.25) is 0 Å². The highest BCUT2D eigenvalue weighted by Gasteiger charge is 2.11. The van der Waals surface area contributed by atoms with Gasteiger partial charge >= 0.3 is 0 Å². The Morgan fingerprint density at radius 3 is 2.47 bits per heavy atom. The molecule has 0 amide bonds. The molecule has 90 valence electrons. The van der Waals surface area contributed by atoms with Crippen molar-refractivity contribution in [1.29, 1.82) is 0 Å². The lowest BCUT2D eigenvalue weighted by Crippen LogP contribution is -2.08. The predicted molar refractivity (Wildman–Crippen MR) is 75.8 cm³/mol. The van der Waals surface area contributed by atoms with Gasteiger partial charge in [-0.15, -0.1) is 0 Å². The first-order valence-electron chi connectivity index (χ1n) is 5.74. The van der Waals surface area contributed by atoms with E-state index in [-0.39, 0.29) is 5.43 Å². The van der Waals surface area contributed by atoms with Crippen LogP contribution in [-0.2, 0) is 0 Å². The molecule has 2 aromatic rings. The third-order valence-corrected chi connectivity index (χ3v) is 4.33. The number of hydrogen-bond acceptors (Lipinski definition) is 1. The monoisotopic (exact) mass is 293 g/mol. The smallest absolute Gasteiger partial charge is 0.189 e. The van der Waals surface area contributed by atoms with Crippen molar-refractivity contribution in [3.05, 3.63) is 43.6 Å². The molecule has 1 N–H and O–H groups in total. The molecule has 0 aliphatic heterocycles. The Bertz CT molecular complexity index is 641. The zero-order valence-electron chi connectivity index (χ0n) is 10.5. The van der Waals surface area contributed by atoms with E-state index in [1.54, 1.807) is 6.07 Å². The van der Waals surface area contributed by atoms with Crippen molar-refractivity contribution in [3.63, 3.8) is 0 Å². The van der Waals surface area contributed by atoms with E-state index < -0.39 is 0 Å². The molecule has 0 bridgehead atoms. The van der Waals surface area contributed by atoms with E-state index in [1.165, 1.54) is 0 Å². The summed E-state index contributed by atoms with van der Waals surface area (Å²) >= 11 is 3.53. The summed E-state index contributed by atoms with van der Waals surface area (Å²) in [6, 6.07) is 3.74. The molecule has 1 heterocycles. The third kappa shape index (κ3) is 2.04. The number of aromatic nitrogens is 1. The Kier molecular flexibility index (Phi) is 3.13. The minimum Gasteiger partial charge on any atom is -0.358 e. The molecule has 2 rings (SSSR count). The van der Waals surface area contributed by atoms with Gasteiger partial charge in [0.05, 0.1) is 5.52 Å². The summed E-state index contributed by atoms with van der Waals surface area (Å²) in [4.78, 5) is 15.5. The van der Waals surface area contributed by atoms with Gasteiger partial charge in [-0.3, -0.25) is 4.79 Å². The fraction of sp³-hybridized carbons (Fsp3) is 0.357. The summed E-state index contributed by atoms with van der Waals surface area (Å²) in [7, 11) is 0. The van der Waals surface area contributed by atoms with Crippen molar-refractivity contribution in [3.8, 4) is 0 Å². The van der Waals surface area contributed by atoms with Gasteiger partial charge in [-0.05, 0) is 37.0 Å². The molecular formula is C14H16BrNO. The Morgan fingerprint density at radius 1 is 1.24 bits per heavy atom. The van der Waals surface area contributed by atoms with Crippen molar-refractivity contribution >= 4 is 26.8 Å². The van der Waals surface area contributed by atoms with Gasteiger partial charge in [-0.1, -0.05) is 29.8 Å². The molecule has 0 spiro atoms. The number of fused-ring (bicyclic) bond motifs is 1. The number of pyridine rings is 1. The van der Waals surface area contributed by atoms with Crippen LogP contribution in [0.3, 0.4) is 0 Å². The normalized spacial score (nSPS) is 11.4. The Morgan fingerprint density at radius 2 is 1.88 bits per heavy atom. The van der Waals surface area contributed by atoms with E-state index in [0.29, 0.717) is 5.92 Å². The van der Waals surface area contributed by atoms with E-state index >= 15 is 0 Å². The highest BCUT2D eigenvalue weighted by Crippen LogP contribution is 2.27. The average molecular weight is 294 g/mol. The molecule has 0 aliphatic carbocycles. The van der Waals surface area contributed by atoms with Crippen molar-refractivity contribution < 1.29 is 0 Å². The molecule has 0 fully saturated rings. The lowest BCUT2D eigenvalue weighted by molar-refractivity contribution is 0.828. The molecule has 1 aromatic carbocycles. The number of hydrogen-bond donors (Lipinski definition) is 1. The van der Waals surface area contributed by atoms with Crippen LogP contribution >= 0.6 is 15.9 Å². The van der Waals surface area contributed by atoms with Crippen LogP contribution in [0.4, 0.5) is 0 Å². The van der Waals surface area contributed by atoms with Crippen LogP contribution in [0.15, 0.2) is 21.4 Å². The lowest BCUT2D eigenvalue weighted by Gasteiger charge is -2.11. The van der Waals surface area contributed by atoms with Gasteiger partial charge in [-0.25, -0.2) is 0 Å². The summed E-state index contributed by atoms with van der Waals surface area (Å²) < 4.78 is 1.02. The van der Waals surface area contributed by atoms with Gasteiger partial charge in [-0.2, -0.15) is 0 Å². The van der Waals surface area contributed by atoms with Crippen molar-refractivity contribution in [2.24, 2.45) is 0 Å². The fourth-order valence-electron chi connectivity index (χ4n) is 2.09. The SMILES string of the molecule is Cc1cc2[nH]c(C(C)C)cc(=O)c2c(C)c1Br. The maximum Gasteiger partial charge on any atom is 0.189 e. The summed E-state index contributed by atoms with van der Waals surface area (Å²) in [5, 5.41) is 0.784. The molecule has 0 radical (unpaired) electrons. The van der Waals surface area contributed by atoms with Crippen LogP contribution in [0.25, 0.3) is 10.9 Å². The van der Waals surface area contributed by atoms with Gasteiger partial charge in [0.25, 0.3) is 0 Å². The summed E-state index contributed by atoms with van der Waals surface area (Å²) in [5.74, 6) is 0.330. The molecule has 17 heavy (non-hydrogen) atoms. The number of aromatic amines is 1. The Hall–Kier alpha value is -1.09. The first kappa shape index (κ1) is 12.4. The molecule has 0 aliphatic rings. The average Bonchev–Trinajstić information content (AvgIpc) is 2.25. The number of rotatable bonds is 1. The van der Waals surface area contributed by atoms with Gasteiger partial charge < -0.3 is 4.98 Å². The van der Waals surface area contributed by atoms with Gasteiger partial charge in [0.1, 0.15) is 0 Å². The number of nitrogens with one attached hydrogen (secondary N) is 1. The zero-order chi connectivity index (χ0) is 12.7. The summed E-state index contributed by atoms with van der Waals surface area (Å²) in [6.07, 6.45) is 0. The van der Waals surface area contributed by atoms with E-state index in [0.717, 1.165) is 32.2 Å². The number of aryl methyl sites for hydroxylation is 2. The molecule has 3 heteroatoms. The van der Waals surface area contributed by atoms with Crippen LogP contribution in [-0.4, -0.2) is 4.98 Å². The highest BCUT2D eigenvalue weighted by atomic mass is 79.9. The highest BCUT2D eigenvalue weighted by molar-refractivity contribution is 9.10. The minimum atomic E-state index is 0.0978. The molecule has 0 saturated heterocycles. The van der Waals surface area contributed by atoms with E-state index in [2.05, 4.69) is 34.8 Å². The Labute approximate surface area is 109 Å². The predicted octanol–water partition coefficient (Wildman–Crippen LogP) is 4.03. The third-order valence-electron chi connectivity index (χ3n) is 3.11. The lowest BCUT2D eigenvalue weighted by atomic mass is 10.0. The zero-order valence-corrected chi connectivity index (χ0v) is 12.1. The summed E-state index contributed by atoms with van der Waals surface area (Å²) in [6.45, 7) is 8.17. The van der Waals surface area contributed by atoms with Gasteiger partial charge in [0.15, 0.2) is 5.43 Å². The summed E-state index contributed by atoms with van der Waals surface area (Å²) in [5.41, 5.74) is 4.17. The maximum absolute atomic E-state index is 12.1. The number of H-pyrrole nitrogens is 1. The van der Waals surface area contributed by atoms with Crippen LogP contribution in [0.5, 0.6) is 0 Å². The van der Waals surface area contributed by atoms with E-state index in [4.69, 9.17) is 0 Å². The standard InChI is InChI=1S/C14H16BrNO/c1-7(2)10-6-12(17)13-9(4)14(15)8(3)5-11(13)16-10/h5-7H,1-4H3,(H,16,17). The van der Waals surface area contributed by atoms with E-state index in [1.807, 2.05) is 19.9 Å².